The summed E-state index contributed by atoms with van der Waals surface area (Å²) in [4.78, 5) is 3.28. The highest BCUT2D eigenvalue weighted by Crippen LogP contribution is 2.24. The van der Waals surface area contributed by atoms with Crippen LogP contribution in [-0.4, -0.2) is 30.8 Å². The first-order chi connectivity index (χ1) is 13.2. The Labute approximate surface area is 166 Å². The molecular weight excluding hydrogens is 378 g/mol. The Bertz CT molecular complexity index is 1090. The van der Waals surface area contributed by atoms with Gasteiger partial charge in [0.1, 0.15) is 0 Å². The summed E-state index contributed by atoms with van der Waals surface area (Å²) < 4.78 is 10.9. The van der Waals surface area contributed by atoms with Crippen LogP contribution in [0, 0.1) is 4.77 Å². The van der Waals surface area contributed by atoms with Crippen LogP contribution in [-0.2, 0) is 20.3 Å². The zero-order chi connectivity index (χ0) is 18.8. The van der Waals surface area contributed by atoms with E-state index in [9.17, 15) is 0 Å². The summed E-state index contributed by atoms with van der Waals surface area (Å²) in [5.74, 6) is 1.21. The molecule has 0 amide bonds. The van der Waals surface area contributed by atoms with Crippen LogP contribution in [0.1, 0.15) is 19.2 Å². The van der Waals surface area contributed by atoms with Crippen molar-refractivity contribution in [3.63, 3.8) is 0 Å². The van der Waals surface area contributed by atoms with Crippen molar-refractivity contribution in [2.75, 3.05) is 6.54 Å². The van der Waals surface area contributed by atoms with Gasteiger partial charge in [-0.25, -0.2) is 0 Å². The number of imidazole rings is 1. The molecule has 0 saturated heterocycles. The first-order valence-electron chi connectivity index (χ1n) is 8.90. The number of aryl methyl sites for hydroxylation is 1. The maximum absolute atomic E-state index is 5.87. The number of nitrogens with zero attached hydrogens (tertiary/aromatic N) is 5. The number of aromatic nitrogens is 4. The van der Waals surface area contributed by atoms with Crippen LogP contribution >= 0.6 is 23.6 Å². The Balaban J connectivity index is 1.59. The minimum atomic E-state index is 0.582. The van der Waals surface area contributed by atoms with Gasteiger partial charge >= 0.3 is 0 Å². The first-order valence-corrected chi connectivity index (χ1v) is 10.2. The molecule has 0 spiro atoms. The lowest BCUT2D eigenvalue weighted by Gasteiger charge is -2.20. The van der Waals surface area contributed by atoms with Gasteiger partial charge in [-0.15, -0.1) is 21.5 Å². The fourth-order valence-corrected chi connectivity index (χ4v) is 4.12. The number of hydrogen-bond donors (Lipinski definition) is 0. The highest BCUT2D eigenvalue weighted by molar-refractivity contribution is 7.71. The molecule has 0 aliphatic carbocycles. The molecule has 0 aliphatic rings. The van der Waals surface area contributed by atoms with Crippen LogP contribution < -0.4 is 0 Å². The second kappa shape index (κ2) is 7.75. The molecule has 0 aliphatic heterocycles. The number of fused-ring (bicyclic) bond motifs is 1. The summed E-state index contributed by atoms with van der Waals surface area (Å²) in [6.07, 6.45) is 1.03. The molecule has 0 fully saturated rings. The van der Waals surface area contributed by atoms with Gasteiger partial charge in [0.25, 0.3) is 5.89 Å². The Morgan fingerprint density at radius 3 is 2.70 bits per heavy atom. The molecule has 4 rings (SSSR count). The van der Waals surface area contributed by atoms with Gasteiger partial charge in [0.2, 0.25) is 5.89 Å². The molecule has 1 aromatic carbocycles. The third kappa shape index (κ3) is 3.60. The van der Waals surface area contributed by atoms with Crippen LogP contribution in [0.3, 0.4) is 0 Å². The molecule has 0 atom stereocenters. The lowest BCUT2D eigenvalue weighted by atomic mass is 10.3. The van der Waals surface area contributed by atoms with Crippen molar-refractivity contribution in [3.05, 3.63) is 52.4 Å². The minimum Gasteiger partial charge on any atom is -0.419 e. The molecular formula is C19H21N5OS2. The van der Waals surface area contributed by atoms with Crippen molar-refractivity contribution < 1.29 is 4.42 Å². The highest BCUT2D eigenvalue weighted by Gasteiger charge is 2.16. The van der Waals surface area contributed by atoms with Crippen molar-refractivity contribution in [3.8, 4) is 10.8 Å². The Kier molecular flexibility index (Phi) is 5.20. The van der Waals surface area contributed by atoms with Gasteiger partial charge < -0.3 is 13.6 Å². The van der Waals surface area contributed by atoms with Gasteiger partial charge in [-0.05, 0) is 42.2 Å². The molecule has 140 valence electrons. The summed E-state index contributed by atoms with van der Waals surface area (Å²) in [5, 5.41) is 10.4. The van der Waals surface area contributed by atoms with Gasteiger partial charge in [-0.2, -0.15) is 0 Å². The molecule has 27 heavy (non-hydrogen) atoms. The third-order valence-electron chi connectivity index (χ3n) is 4.49. The van der Waals surface area contributed by atoms with Crippen LogP contribution in [0.4, 0.5) is 0 Å². The minimum absolute atomic E-state index is 0.582. The maximum atomic E-state index is 5.87. The van der Waals surface area contributed by atoms with Gasteiger partial charge in [0.05, 0.1) is 29.1 Å². The molecule has 6 nitrogen and oxygen atoms in total. The second-order valence-corrected chi connectivity index (χ2v) is 7.74. The summed E-state index contributed by atoms with van der Waals surface area (Å²) in [7, 11) is 2.01. The number of benzene rings is 1. The molecule has 3 aromatic heterocycles. The average Bonchev–Trinajstić information content (AvgIpc) is 3.40. The Morgan fingerprint density at radius 2 is 1.96 bits per heavy atom. The van der Waals surface area contributed by atoms with Gasteiger partial charge in [-0.3, -0.25) is 4.90 Å². The van der Waals surface area contributed by atoms with E-state index in [1.54, 1.807) is 11.3 Å². The molecule has 0 bridgehead atoms. The fourth-order valence-electron chi connectivity index (χ4n) is 3.22. The number of thiophene rings is 1. The maximum Gasteiger partial charge on any atom is 0.257 e. The molecule has 3 heterocycles. The molecule has 0 unspecified atom stereocenters. The van der Waals surface area contributed by atoms with Crippen LogP contribution in [0.15, 0.2) is 46.2 Å². The second-order valence-electron chi connectivity index (χ2n) is 6.43. The van der Waals surface area contributed by atoms with E-state index in [1.807, 2.05) is 36.7 Å². The van der Waals surface area contributed by atoms with E-state index in [0.29, 0.717) is 25.0 Å². The van der Waals surface area contributed by atoms with Crippen LogP contribution in [0.2, 0.25) is 0 Å². The monoisotopic (exact) mass is 399 g/mol. The van der Waals surface area contributed by atoms with E-state index in [2.05, 4.69) is 43.3 Å². The molecule has 8 heteroatoms. The fraction of sp³-hybridized carbons (Fsp3) is 0.316. The van der Waals surface area contributed by atoms with Crippen molar-refractivity contribution in [2.24, 2.45) is 7.05 Å². The summed E-state index contributed by atoms with van der Waals surface area (Å²) in [6.45, 7) is 4.37. The van der Waals surface area contributed by atoms with E-state index >= 15 is 0 Å². The molecule has 0 saturated carbocycles. The lowest BCUT2D eigenvalue weighted by Crippen LogP contribution is -2.27. The number of rotatable bonds is 7. The van der Waals surface area contributed by atoms with E-state index in [0.717, 1.165) is 33.6 Å². The zero-order valence-electron chi connectivity index (χ0n) is 15.3. The molecule has 4 aromatic rings. The van der Waals surface area contributed by atoms with E-state index in [1.165, 1.54) is 0 Å². The lowest BCUT2D eigenvalue weighted by molar-refractivity contribution is 0.192. The topological polar surface area (TPSA) is 52.0 Å². The number of para-hydroxylation sites is 2. The van der Waals surface area contributed by atoms with E-state index in [4.69, 9.17) is 16.6 Å². The summed E-state index contributed by atoms with van der Waals surface area (Å²) >= 11 is 7.27. The first kappa shape index (κ1) is 18.1. The van der Waals surface area contributed by atoms with Gasteiger partial charge in [0, 0.05) is 13.6 Å². The third-order valence-corrected chi connectivity index (χ3v) is 5.84. The van der Waals surface area contributed by atoms with E-state index < -0.39 is 0 Å². The normalized spacial score (nSPS) is 11.7. The quantitative estimate of drug-likeness (QED) is 0.422. The van der Waals surface area contributed by atoms with Crippen molar-refractivity contribution in [2.45, 2.75) is 26.6 Å². The van der Waals surface area contributed by atoms with Gasteiger partial charge in [0.15, 0.2) is 4.77 Å². The Morgan fingerprint density at radius 1 is 1.15 bits per heavy atom. The predicted octanol–water partition coefficient (Wildman–Crippen LogP) is 4.69. The zero-order valence-corrected chi connectivity index (χ0v) is 17.0. The smallest absolute Gasteiger partial charge is 0.257 e. The highest BCUT2D eigenvalue weighted by atomic mass is 32.1. The largest absolute Gasteiger partial charge is 0.419 e. The average molecular weight is 400 g/mol. The Hall–Kier alpha value is -2.29. The molecule has 0 N–H and O–H groups in total. The van der Waals surface area contributed by atoms with E-state index in [-0.39, 0.29) is 0 Å². The van der Waals surface area contributed by atoms with Crippen molar-refractivity contribution in [1.82, 2.24) is 24.2 Å². The molecule has 0 radical (unpaired) electrons. The predicted molar refractivity (Wildman–Crippen MR) is 110 cm³/mol. The summed E-state index contributed by atoms with van der Waals surface area (Å²) in [6, 6.07) is 12.3. The number of hydrogen-bond acceptors (Lipinski definition) is 6. The SMILES string of the molecule is CCCN(Cc1nnc(-c2cccs2)o1)Cn1c(=S)n(C)c2ccccc21. The van der Waals surface area contributed by atoms with Gasteiger partial charge in [-0.1, -0.05) is 25.1 Å². The summed E-state index contributed by atoms with van der Waals surface area (Å²) in [5.41, 5.74) is 2.27. The van der Waals surface area contributed by atoms with Crippen molar-refractivity contribution >= 4 is 34.6 Å². The van der Waals surface area contributed by atoms with Crippen LogP contribution in [0.5, 0.6) is 0 Å². The van der Waals surface area contributed by atoms with Crippen molar-refractivity contribution in [1.29, 1.82) is 0 Å². The standard InChI is InChI=1S/C19H21N5OS2/c1-3-10-23(12-17-20-21-18(25-17)16-9-6-11-27-16)13-24-15-8-5-4-7-14(15)22(2)19(24)26/h4-9,11H,3,10,12-13H2,1-2H3. The van der Waals surface area contributed by atoms with Crippen LogP contribution in [0.25, 0.3) is 21.8 Å².